The number of hydrogen-bond donors (Lipinski definition) is 1. The van der Waals surface area contributed by atoms with Gasteiger partial charge in [-0.1, -0.05) is 20.3 Å². The van der Waals surface area contributed by atoms with Gasteiger partial charge in [0, 0.05) is 24.2 Å². The van der Waals surface area contributed by atoms with E-state index in [0.29, 0.717) is 23.1 Å². The summed E-state index contributed by atoms with van der Waals surface area (Å²) in [6, 6.07) is 0. The molecule has 4 rings (SSSR count). The van der Waals surface area contributed by atoms with Gasteiger partial charge in [-0.05, 0) is 49.9 Å². The molecule has 3 aliphatic carbocycles. The molecule has 7 heteroatoms. The lowest BCUT2D eigenvalue weighted by atomic mass is 9.62. The van der Waals surface area contributed by atoms with Crippen LogP contribution in [-0.4, -0.2) is 21.9 Å². The maximum absolute atomic E-state index is 13.3. The summed E-state index contributed by atoms with van der Waals surface area (Å²) in [5.74, 6) is 0.0987. The van der Waals surface area contributed by atoms with Crippen LogP contribution < -0.4 is 5.32 Å². The number of carbonyl (C=O) groups excluding carboxylic acids is 1. The van der Waals surface area contributed by atoms with E-state index in [4.69, 9.17) is 0 Å². The van der Waals surface area contributed by atoms with Gasteiger partial charge in [0.15, 0.2) is 5.82 Å². The third-order valence-electron chi connectivity index (χ3n) is 6.59. The minimum absolute atomic E-state index is 0.127. The smallest absolute Gasteiger partial charge is 0.308 e. The van der Waals surface area contributed by atoms with E-state index in [0.717, 1.165) is 43.4 Å². The Morgan fingerprint density at radius 3 is 2.23 bits per heavy atom. The molecule has 1 amide bonds. The van der Waals surface area contributed by atoms with Gasteiger partial charge in [0.25, 0.3) is 0 Å². The zero-order chi connectivity index (χ0) is 18.9. The minimum atomic E-state index is -4.50. The molecule has 1 heterocycles. The minimum Gasteiger partial charge on any atom is -0.308 e. The molecule has 1 aromatic rings. The third-order valence-corrected chi connectivity index (χ3v) is 6.59. The van der Waals surface area contributed by atoms with Crippen LogP contribution in [0.25, 0.3) is 0 Å². The number of rotatable bonds is 4. The standard InChI is InChI=1S/C19H26F3N3O/c1-17(2)9-12(10-17)14-13(11-5-4-6-11)15(24-25(14)3)23-16(26)18(7-8-18)19(20,21)22/h11-12H,4-10H2,1-3H3,(H,23,24,26). The van der Waals surface area contributed by atoms with Gasteiger partial charge in [-0.25, -0.2) is 0 Å². The highest BCUT2D eigenvalue weighted by atomic mass is 19.4. The Hall–Kier alpha value is -1.53. The van der Waals surface area contributed by atoms with Gasteiger partial charge < -0.3 is 5.32 Å². The van der Waals surface area contributed by atoms with E-state index in [9.17, 15) is 18.0 Å². The van der Waals surface area contributed by atoms with Gasteiger partial charge in [0.1, 0.15) is 5.41 Å². The Balaban J connectivity index is 1.63. The van der Waals surface area contributed by atoms with Crippen molar-refractivity contribution in [3.63, 3.8) is 0 Å². The number of halogens is 3. The third kappa shape index (κ3) is 2.65. The van der Waals surface area contributed by atoms with Crippen molar-refractivity contribution in [2.24, 2.45) is 17.9 Å². The van der Waals surface area contributed by atoms with Crippen molar-refractivity contribution in [1.82, 2.24) is 9.78 Å². The summed E-state index contributed by atoms with van der Waals surface area (Å²) >= 11 is 0. The first kappa shape index (κ1) is 17.9. The van der Waals surface area contributed by atoms with Crippen molar-refractivity contribution in [3.05, 3.63) is 11.3 Å². The van der Waals surface area contributed by atoms with E-state index in [1.807, 2.05) is 7.05 Å². The quantitative estimate of drug-likeness (QED) is 0.823. The van der Waals surface area contributed by atoms with Crippen LogP contribution in [0, 0.1) is 10.8 Å². The summed E-state index contributed by atoms with van der Waals surface area (Å²) in [7, 11) is 1.84. The Morgan fingerprint density at radius 1 is 1.19 bits per heavy atom. The van der Waals surface area contributed by atoms with Crippen molar-refractivity contribution in [2.75, 3.05) is 5.32 Å². The van der Waals surface area contributed by atoms with E-state index in [2.05, 4.69) is 24.3 Å². The van der Waals surface area contributed by atoms with Crippen LogP contribution in [-0.2, 0) is 11.8 Å². The Labute approximate surface area is 151 Å². The van der Waals surface area contributed by atoms with Gasteiger partial charge in [-0.3, -0.25) is 9.48 Å². The molecule has 0 bridgehead atoms. The fraction of sp³-hybridized carbons (Fsp3) is 0.789. The average Bonchev–Trinajstić information content (AvgIpc) is 3.18. The summed E-state index contributed by atoms with van der Waals surface area (Å²) < 4.78 is 41.6. The summed E-state index contributed by atoms with van der Waals surface area (Å²) in [5.41, 5.74) is 0.190. The predicted octanol–water partition coefficient (Wildman–Crippen LogP) is 4.87. The van der Waals surface area contributed by atoms with Crippen molar-refractivity contribution >= 4 is 11.7 Å². The number of aromatic nitrogens is 2. The molecule has 3 fully saturated rings. The maximum atomic E-state index is 13.3. The second-order valence-corrected chi connectivity index (χ2v) is 9.20. The number of alkyl halides is 3. The zero-order valence-corrected chi connectivity index (χ0v) is 15.5. The number of nitrogens with one attached hydrogen (secondary N) is 1. The van der Waals surface area contributed by atoms with E-state index >= 15 is 0 Å². The topological polar surface area (TPSA) is 46.9 Å². The van der Waals surface area contributed by atoms with Crippen molar-refractivity contribution in [1.29, 1.82) is 0 Å². The molecular weight excluding hydrogens is 343 g/mol. The Kier molecular flexibility index (Phi) is 3.77. The molecule has 1 N–H and O–H groups in total. The first-order valence-corrected chi connectivity index (χ1v) is 9.49. The van der Waals surface area contributed by atoms with E-state index < -0.39 is 17.5 Å². The highest BCUT2D eigenvalue weighted by Crippen LogP contribution is 2.59. The molecule has 0 unspecified atom stereocenters. The largest absolute Gasteiger partial charge is 0.403 e. The Morgan fingerprint density at radius 2 is 1.81 bits per heavy atom. The molecule has 0 saturated heterocycles. The molecule has 1 aromatic heterocycles. The van der Waals surface area contributed by atoms with Crippen LogP contribution in [0.5, 0.6) is 0 Å². The number of carbonyl (C=O) groups is 1. The molecule has 0 aromatic carbocycles. The zero-order valence-electron chi connectivity index (χ0n) is 15.5. The molecular formula is C19H26F3N3O. The van der Waals surface area contributed by atoms with Crippen molar-refractivity contribution in [2.45, 2.75) is 76.8 Å². The molecule has 3 aliphatic rings. The molecule has 0 spiro atoms. The van der Waals surface area contributed by atoms with Gasteiger partial charge in [0.2, 0.25) is 5.91 Å². The normalized spacial score (nSPS) is 24.7. The molecule has 0 radical (unpaired) electrons. The lowest BCUT2D eigenvalue weighted by Crippen LogP contribution is -2.37. The fourth-order valence-electron chi connectivity index (χ4n) is 4.69. The number of aryl methyl sites for hydroxylation is 1. The summed E-state index contributed by atoms with van der Waals surface area (Å²) in [4.78, 5) is 12.4. The SMILES string of the molecule is Cn1nc(NC(=O)C2(C(F)(F)F)CC2)c(C2CCC2)c1C1CC(C)(C)C1. The predicted molar refractivity (Wildman–Crippen MR) is 91.9 cm³/mol. The van der Waals surface area contributed by atoms with Crippen LogP contribution in [0.15, 0.2) is 0 Å². The highest BCUT2D eigenvalue weighted by molar-refractivity contribution is 5.97. The summed E-state index contributed by atoms with van der Waals surface area (Å²) in [6.07, 6.45) is 0.496. The van der Waals surface area contributed by atoms with Gasteiger partial charge in [-0.2, -0.15) is 18.3 Å². The van der Waals surface area contributed by atoms with Crippen LogP contribution in [0.1, 0.15) is 81.9 Å². The number of hydrogen-bond acceptors (Lipinski definition) is 2. The maximum Gasteiger partial charge on any atom is 0.403 e. The van der Waals surface area contributed by atoms with Crippen LogP contribution >= 0.6 is 0 Å². The average molecular weight is 369 g/mol. The monoisotopic (exact) mass is 369 g/mol. The molecule has 144 valence electrons. The number of nitrogens with zero attached hydrogens (tertiary/aromatic N) is 2. The van der Waals surface area contributed by atoms with Gasteiger partial charge in [0.05, 0.1) is 0 Å². The van der Waals surface area contributed by atoms with Crippen molar-refractivity contribution in [3.8, 4) is 0 Å². The first-order valence-electron chi connectivity index (χ1n) is 9.49. The van der Waals surface area contributed by atoms with Crippen LogP contribution in [0.4, 0.5) is 19.0 Å². The van der Waals surface area contributed by atoms with E-state index in [-0.39, 0.29) is 12.8 Å². The lowest BCUT2D eigenvalue weighted by Gasteiger charge is -2.43. The molecule has 26 heavy (non-hydrogen) atoms. The van der Waals surface area contributed by atoms with Crippen LogP contribution in [0.3, 0.4) is 0 Å². The summed E-state index contributed by atoms with van der Waals surface area (Å²) in [5, 5.41) is 7.01. The highest BCUT2D eigenvalue weighted by Gasteiger charge is 2.68. The second kappa shape index (κ2) is 5.49. The molecule has 0 aliphatic heterocycles. The Bertz CT molecular complexity index is 734. The number of amides is 1. The molecule has 0 atom stereocenters. The lowest BCUT2D eigenvalue weighted by molar-refractivity contribution is -0.189. The first-order chi connectivity index (χ1) is 12.0. The summed E-state index contributed by atoms with van der Waals surface area (Å²) in [6.45, 7) is 4.46. The second-order valence-electron chi connectivity index (χ2n) is 9.20. The fourth-order valence-corrected chi connectivity index (χ4v) is 4.69. The van der Waals surface area contributed by atoms with E-state index in [1.54, 1.807) is 4.68 Å². The van der Waals surface area contributed by atoms with Gasteiger partial charge in [-0.15, -0.1) is 0 Å². The number of anilines is 1. The van der Waals surface area contributed by atoms with Crippen LogP contribution in [0.2, 0.25) is 0 Å². The van der Waals surface area contributed by atoms with E-state index in [1.165, 1.54) is 0 Å². The van der Waals surface area contributed by atoms with Crippen molar-refractivity contribution < 1.29 is 18.0 Å². The van der Waals surface area contributed by atoms with Gasteiger partial charge >= 0.3 is 6.18 Å². The molecule has 3 saturated carbocycles. The molecule has 4 nitrogen and oxygen atoms in total.